The van der Waals surface area contributed by atoms with Gasteiger partial charge in [0, 0.05) is 12.4 Å². The van der Waals surface area contributed by atoms with Gasteiger partial charge in [-0.1, -0.05) is 188 Å². The Morgan fingerprint density at radius 2 is 1.30 bits per heavy atom. The van der Waals surface area contributed by atoms with E-state index in [-0.39, 0.29) is 5.16 Å². The van der Waals surface area contributed by atoms with Crippen LogP contribution in [0.1, 0.15) is 50.2 Å². The number of benzene rings is 5. The van der Waals surface area contributed by atoms with Gasteiger partial charge in [0.05, 0.1) is 18.1 Å². The number of nitrogens with zero attached hydrogens (tertiary/aromatic N) is 2. The smallest absolute Gasteiger partial charge is 0.212 e. The van der Waals surface area contributed by atoms with Crippen molar-refractivity contribution in [3.8, 4) is 5.75 Å². The van der Waals surface area contributed by atoms with Crippen LogP contribution in [0.5, 0.6) is 5.75 Å². The van der Waals surface area contributed by atoms with Gasteiger partial charge in [0.25, 0.3) is 0 Å². The van der Waals surface area contributed by atoms with Crippen molar-refractivity contribution in [3.63, 3.8) is 0 Å². The number of aromatic nitrogens is 2. The summed E-state index contributed by atoms with van der Waals surface area (Å²) < 4.78 is 8.29. The van der Waals surface area contributed by atoms with E-state index in [1.165, 1.54) is 52.9 Å². The standard InChI is InChI=1S/C27H28N2OSi.C15H15B/c1-2-3-10-20-30-25-16-11-17-26(21-25)31-27(29-19-18-28-22-29,23-12-6-4-7-13-23)24-14-8-5-9-15-24;1-3-7-13(8-4-1)16(15-11-12-15)14-9-5-2-6-10-14/h4-9,11-19,21-22H,2-3,10,20H2,1H3;1-10,15H,11-12H2. The number of ether oxygens (including phenoxy) is 1. The Hall–Kier alpha value is -4.61. The molecule has 1 fully saturated rings. The van der Waals surface area contributed by atoms with Crippen molar-refractivity contribution in [3.05, 3.63) is 175 Å². The number of hydrogen-bond donors (Lipinski definition) is 0. The lowest BCUT2D eigenvalue weighted by Gasteiger charge is -2.36. The van der Waals surface area contributed by atoms with Gasteiger partial charge >= 0.3 is 0 Å². The molecule has 0 spiro atoms. The molecule has 234 valence electrons. The van der Waals surface area contributed by atoms with Crippen molar-refractivity contribution in [1.82, 2.24) is 9.55 Å². The average Bonchev–Trinajstić information content (AvgIpc) is 3.81. The molecule has 47 heavy (non-hydrogen) atoms. The van der Waals surface area contributed by atoms with Crippen LogP contribution in [0, 0.1) is 0 Å². The third-order valence-corrected chi connectivity index (χ3v) is 10.7. The molecule has 2 radical (unpaired) electrons. The van der Waals surface area contributed by atoms with Gasteiger partial charge in [-0.25, -0.2) is 4.98 Å². The molecule has 3 nitrogen and oxygen atoms in total. The second kappa shape index (κ2) is 16.3. The highest BCUT2D eigenvalue weighted by Gasteiger charge is 2.37. The lowest BCUT2D eigenvalue weighted by atomic mass is 9.37. The molecule has 1 aliphatic rings. The summed E-state index contributed by atoms with van der Waals surface area (Å²) >= 11 is 0. The first-order valence-corrected chi connectivity index (χ1v) is 18.0. The number of rotatable bonds is 13. The predicted molar refractivity (Wildman–Crippen MR) is 199 cm³/mol. The van der Waals surface area contributed by atoms with E-state index in [0.29, 0.717) is 16.2 Å². The van der Waals surface area contributed by atoms with Crippen LogP contribution in [0.3, 0.4) is 0 Å². The summed E-state index contributed by atoms with van der Waals surface area (Å²) in [5.41, 5.74) is 5.42. The largest absolute Gasteiger partial charge is 0.494 e. The highest BCUT2D eigenvalue weighted by atomic mass is 28.2. The average molecular weight is 631 g/mol. The van der Waals surface area contributed by atoms with E-state index in [9.17, 15) is 0 Å². The summed E-state index contributed by atoms with van der Waals surface area (Å²) in [5, 5.41) is 0.884. The molecule has 5 aromatic carbocycles. The second-order valence-corrected chi connectivity index (χ2v) is 13.8. The van der Waals surface area contributed by atoms with Crippen molar-refractivity contribution in [2.24, 2.45) is 0 Å². The summed E-state index contributed by atoms with van der Waals surface area (Å²) in [6.45, 7) is 3.59. The Bertz CT molecular complexity index is 1670. The molecule has 0 saturated heterocycles. The van der Waals surface area contributed by atoms with Crippen LogP contribution in [0.4, 0.5) is 0 Å². The van der Waals surface area contributed by atoms with E-state index in [4.69, 9.17) is 4.74 Å². The fourth-order valence-electron chi connectivity index (χ4n) is 6.39. The van der Waals surface area contributed by atoms with E-state index < -0.39 is 0 Å². The fraction of sp³-hybridized carbons (Fsp3) is 0.214. The molecule has 5 heteroatoms. The number of unbranched alkanes of at least 4 members (excludes halogenated alkanes) is 2. The molecule has 0 atom stereocenters. The topological polar surface area (TPSA) is 27.1 Å². The van der Waals surface area contributed by atoms with Crippen LogP contribution >= 0.6 is 0 Å². The summed E-state index contributed by atoms with van der Waals surface area (Å²) in [6.07, 6.45) is 12.1. The molecular weight excluding hydrogens is 587 g/mol. The third-order valence-electron chi connectivity index (χ3n) is 8.86. The van der Waals surface area contributed by atoms with Gasteiger partial charge < -0.3 is 9.30 Å². The minimum Gasteiger partial charge on any atom is -0.494 e. The van der Waals surface area contributed by atoms with Crippen molar-refractivity contribution < 1.29 is 4.74 Å². The maximum atomic E-state index is 6.05. The molecular formula is C42H43BN2OSi. The highest BCUT2D eigenvalue weighted by molar-refractivity contribution is 6.86. The molecule has 0 amide bonds. The lowest BCUT2D eigenvalue weighted by molar-refractivity contribution is 0.306. The van der Waals surface area contributed by atoms with Crippen molar-refractivity contribution in [2.75, 3.05) is 6.61 Å². The first-order valence-electron chi connectivity index (χ1n) is 17.0. The molecule has 1 heterocycles. The minimum atomic E-state index is -0.375. The van der Waals surface area contributed by atoms with Crippen LogP contribution in [0.25, 0.3) is 0 Å². The molecule has 1 saturated carbocycles. The zero-order valence-corrected chi connectivity index (χ0v) is 28.3. The Kier molecular flexibility index (Phi) is 11.2. The molecule has 7 rings (SSSR count). The van der Waals surface area contributed by atoms with E-state index in [1.807, 2.05) is 12.5 Å². The van der Waals surface area contributed by atoms with Crippen molar-refractivity contribution in [1.29, 1.82) is 0 Å². The fourth-order valence-corrected chi connectivity index (χ4v) is 8.09. The van der Waals surface area contributed by atoms with Crippen LogP contribution < -0.4 is 20.8 Å². The first-order chi connectivity index (χ1) is 23.3. The quantitative estimate of drug-likeness (QED) is 0.0967. The monoisotopic (exact) mass is 630 g/mol. The van der Waals surface area contributed by atoms with Crippen LogP contribution in [0.15, 0.2) is 164 Å². The van der Waals surface area contributed by atoms with Crippen molar-refractivity contribution >= 4 is 32.3 Å². The molecule has 1 aromatic heterocycles. The van der Waals surface area contributed by atoms with E-state index >= 15 is 0 Å². The lowest BCUT2D eigenvalue weighted by Crippen LogP contribution is -2.46. The van der Waals surface area contributed by atoms with Gasteiger partial charge in [0.2, 0.25) is 6.71 Å². The Morgan fingerprint density at radius 1 is 0.723 bits per heavy atom. The van der Waals surface area contributed by atoms with Crippen LogP contribution in [-0.4, -0.2) is 32.4 Å². The molecule has 0 N–H and O–H groups in total. The summed E-state index contributed by atoms with van der Waals surface area (Å²) in [5.74, 6) is 1.81. The minimum absolute atomic E-state index is 0.375. The molecule has 0 bridgehead atoms. The molecule has 6 aromatic rings. The Labute approximate surface area is 283 Å². The van der Waals surface area contributed by atoms with Gasteiger partial charge in [-0.05, 0) is 29.7 Å². The van der Waals surface area contributed by atoms with Crippen LogP contribution in [0.2, 0.25) is 5.82 Å². The maximum absolute atomic E-state index is 6.05. The van der Waals surface area contributed by atoms with E-state index in [1.54, 1.807) is 0 Å². The third kappa shape index (κ3) is 8.22. The second-order valence-electron chi connectivity index (χ2n) is 12.3. The normalized spacial score (nSPS) is 12.5. The number of hydrogen-bond acceptors (Lipinski definition) is 2. The van der Waals surface area contributed by atoms with E-state index in [2.05, 4.69) is 168 Å². The maximum Gasteiger partial charge on any atom is 0.212 e. The van der Waals surface area contributed by atoms with Gasteiger partial charge in [0.1, 0.15) is 15.3 Å². The van der Waals surface area contributed by atoms with Gasteiger partial charge in [0.15, 0.2) is 0 Å². The molecule has 0 aliphatic heterocycles. The highest BCUT2D eigenvalue weighted by Crippen LogP contribution is 2.38. The Balaban J connectivity index is 0.000000201. The summed E-state index contributed by atoms with van der Waals surface area (Å²) in [7, 11) is 0.460. The molecule has 1 aliphatic carbocycles. The van der Waals surface area contributed by atoms with Crippen LogP contribution in [-0.2, 0) is 5.16 Å². The van der Waals surface area contributed by atoms with Gasteiger partial charge in [-0.3, -0.25) is 0 Å². The van der Waals surface area contributed by atoms with Gasteiger partial charge in [-0.2, -0.15) is 0 Å². The van der Waals surface area contributed by atoms with E-state index in [0.717, 1.165) is 24.6 Å². The SMILES string of the molecule is CCCCCOc1cccc([Si]C(c2ccccc2)(c2ccccc2)n2ccnc2)c1.c1ccc(B(c2ccccc2)C2CC2)cc1. The van der Waals surface area contributed by atoms with Crippen molar-refractivity contribution in [2.45, 2.75) is 50.0 Å². The molecule has 0 unspecified atom stereocenters. The summed E-state index contributed by atoms with van der Waals surface area (Å²) in [4.78, 5) is 4.40. The number of imidazole rings is 1. The first kappa shape index (κ1) is 32.3. The summed E-state index contributed by atoms with van der Waals surface area (Å²) in [6, 6.07) is 51.8. The predicted octanol–water partition coefficient (Wildman–Crippen LogP) is 7.69. The zero-order valence-electron chi connectivity index (χ0n) is 27.3. The Morgan fingerprint density at radius 3 is 1.81 bits per heavy atom. The van der Waals surface area contributed by atoms with Gasteiger partial charge in [-0.15, -0.1) is 0 Å². The zero-order chi connectivity index (χ0) is 32.2.